The molecule has 0 unspecified atom stereocenters. The summed E-state index contributed by atoms with van der Waals surface area (Å²) >= 11 is 0. The van der Waals surface area contributed by atoms with E-state index in [9.17, 15) is 9.59 Å². The first-order valence-electron chi connectivity index (χ1n) is 10.6. The van der Waals surface area contributed by atoms with Gasteiger partial charge in [0.15, 0.2) is 0 Å². The van der Waals surface area contributed by atoms with Gasteiger partial charge in [-0.1, -0.05) is 48.5 Å². The van der Waals surface area contributed by atoms with E-state index < -0.39 is 5.41 Å². The number of Topliss-reactive ketones (excluding diaryl/α,β-unsaturated/α-hetero) is 2. The molecule has 28 heavy (non-hydrogen) atoms. The van der Waals surface area contributed by atoms with E-state index in [1.54, 1.807) is 0 Å². The van der Waals surface area contributed by atoms with Gasteiger partial charge in [0, 0.05) is 31.1 Å². The van der Waals surface area contributed by atoms with Gasteiger partial charge in [-0.2, -0.15) is 0 Å². The van der Waals surface area contributed by atoms with E-state index in [0.717, 1.165) is 32.2 Å². The van der Waals surface area contributed by atoms with Crippen LogP contribution in [0.25, 0.3) is 0 Å². The van der Waals surface area contributed by atoms with E-state index in [4.69, 9.17) is 0 Å². The highest BCUT2D eigenvalue weighted by atomic mass is 16.2. The first-order chi connectivity index (χ1) is 13.7. The van der Waals surface area contributed by atoms with Crippen LogP contribution in [-0.4, -0.2) is 24.2 Å². The van der Waals surface area contributed by atoms with Gasteiger partial charge in [0.05, 0.1) is 0 Å². The molecule has 0 aromatic heterocycles. The first kappa shape index (κ1) is 17.7. The van der Waals surface area contributed by atoms with E-state index in [-0.39, 0.29) is 17.6 Å². The highest BCUT2D eigenvalue weighted by Crippen LogP contribution is 2.50. The van der Waals surface area contributed by atoms with Crippen LogP contribution in [-0.2, 0) is 22.4 Å². The zero-order valence-corrected chi connectivity index (χ0v) is 16.3. The number of rotatable bonds is 2. The Kier molecular flexibility index (Phi) is 4.34. The van der Waals surface area contributed by atoms with Crippen LogP contribution >= 0.6 is 0 Å². The minimum Gasteiger partial charge on any atom is -0.367 e. The van der Waals surface area contributed by atoms with Gasteiger partial charge in [-0.15, -0.1) is 0 Å². The van der Waals surface area contributed by atoms with Crippen LogP contribution in [0.1, 0.15) is 43.2 Å². The Morgan fingerprint density at radius 2 is 1.64 bits per heavy atom. The molecular formula is C25H27NO2. The molecule has 2 aromatic rings. The van der Waals surface area contributed by atoms with Crippen LogP contribution in [0.4, 0.5) is 5.69 Å². The molecule has 0 amide bonds. The van der Waals surface area contributed by atoms with Crippen molar-refractivity contribution < 1.29 is 9.59 Å². The Labute approximate surface area is 166 Å². The molecule has 1 aliphatic carbocycles. The highest BCUT2D eigenvalue weighted by molar-refractivity contribution is 6.11. The van der Waals surface area contributed by atoms with E-state index >= 15 is 0 Å². The summed E-state index contributed by atoms with van der Waals surface area (Å²) in [5.41, 5.74) is 2.95. The summed E-state index contributed by atoms with van der Waals surface area (Å²) in [5, 5.41) is 0. The van der Waals surface area contributed by atoms with Gasteiger partial charge < -0.3 is 4.90 Å². The summed E-state index contributed by atoms with van der Waals surface area (Å²) < 4.78 is 0. The van der Waals surface area contributed by atoms with Crippen LogP contribution in [0.3, 0.4) is 0 Å². The van der Waals surface area contributed by atoms with Gasteiger partial charge in [0.2, 0.25) is 0 Å². The number of carbonyl (C=O) groups is 2. The fourth-order valence-electron chi connectivity index (χ4n) is 5.87. The lowest BCUT2D eigenvalue weighted by molar-refractivity contribution is -0.146. The van der Waals surface area contributed by atoms with Gasteiger partial charge in [0.1, 0.15) is 17.0 Å². The van der Waals surface area contributed by atoms with Gasteiger partial charge in [-0.05, 0) is 55.2 Å². The third kappa shape index (κ3) is 2.71. The van der Waals surface area contributed by atoms with Crippen molar-refractivity contribution in [2.75, 3.05) is 11.4 Å². The maximum atomic E-state index is 13.3. The van der Waals surface area contributed by atoms with E-state index in [2.05, 4.69) is 53.4 Å². The summed E-state index contributed by atoms with van der Waals surface area (Å²) in [6, 6.07) is 19.0. The second-order valence-corrected chi connectivity index (χ2v) is 8.77. The van der Waals surface area contributed by atoms with E-state index in [1.165, 1.54) is 16.8 Å². The fraction of sp³-hybridized carbons (Fsp3) is 0.440. The molecule has 1 saturated carbocycles. The van der Waals surface area contributed by atoms with Crippen molar-refractivity contribution in [2.45, 2.75) is 51.0 Å². The Bertz CT molecular complexity index is 888. The monoisotopic (exact) mass is 373 g/mol. The fourth-order valence-corrected chi connectivity index (χ4v) is 5.87. The number of carbonyl (C=O) groups excluding carboxylic acids is 2. The Balaban J connectivity index is 1.53. The summed E-state index contributed by atoms with van der Waals surface area (Å²) in [7, 11) is 0. The highest BCUT2D eigenvalue weighted by Gasteiger charge is 2.57. The molecule has 3 aliphatic rings. The average Bonchev–Trinajstić information content (AvgIpc) is 2.72. The Hall–Kier alpha value is -2.42. The van der Waals surface area contributed by atoms with Crippen molar-refractivity contribution in [3.8, 4) is 0 Å². The topological polar surface area (TPSA) is 37.4 Å². The van der Waals surface area contributed by atoms with Crippen molar-refractivity contribution in [1.29, 1.82) is 0 Å². The van der Waals surface area contributed by atoms with Crippen molar-refractivity contribution in [1.82, 2.24) is 0 Å². The van der Waals surface area contributed by atoms with Crippen LogP contribution in [0, 0.1) is 11.3 Å². The van der Waals surface area contributed by atoms with Crippen LogP contribution in [0.15, 0.2) is 54.6 Å². The molecule has 2 atom stereocenters. The Morgan fingerprint density at radius 3 is 2.43 bits per heavy atom. The summed E-state index contributed by atoms with van der Waals surface area (Å²) in [6.45, 7) is 0.932. The molecule has 1 saturated heterocycles. The van der Waals surface area contributed by atoms with Gasteiger partial charge in [0.25, 0.3) is 0 Å². The number of ketones is 2. The third-order valence-electron chi connectivity index (χ3n) is 7.22. The van der Waals surface area contributed by atoms with E-state index in [1.807, 2.05) is 6.07 Å². The molecule has 0 radical (unpaired) electrons. The molecule has 3 nitrogen and oxygen atoms in total. The SMILES string of the molecule is O=C1CCCC(=O)C12Cc1ccccc1N1CC[C@H](Cc3ccccc3)C[C@@H]12. The van der Waals surface area contributed by atoms with Crippen LogP contribution in [0.2, 0.25) is 0 Å². The number of anilines is 1. The lowest BCUT2D eigenvalue weighted by Gasteiger charge is -2.54. The van der Waals surface area contributed by atoms with Crippen LogP contribution < -0.4 is 4.90 Å². The summed E-state index contributed by atoms with van der Waals surface area (Å²) in [6.07, 6.45) is 5.51. The number of para-hydroxylation sites is 1. The van der Waals surface area contributed by atoms with Gasteiger partial charge >= 0.3 is 0 Å². The van der Waals surface area contributed by atoms with Crippen molar-refractivity contribution >= 4 is 17.3 Å². The predicted molar refractivity (Wildman–Crippen MR) is 110 cm³/mol. The lowest BCUT2D eigenvalue weighted by atomic mass is 9.59. The van der Waals surface area contributed by atoms with Crippen LogP contribution in [0.5, 0.6) is 0 Å². The average molecular weight is 373 g/mol. The van der Waals surface area contributed by atoms with Crippen molar-refractivity contribution in [3.63, 3.8) is 0 Å². The number of nitrogens with zero attached hydrogens (tertiary/aromatic N) is 1. The molecule has 2 heterocycles. The smallest absolute Gasteiger partial charge is 0.148 e. The van der Waals surface area contributed by atoms with Crippen molar-refractivity contribution in [2.24, 2.45) is 11.3 Å². The molecule has 0 bridgehead atoms. The normalized spacial score (nSPS) is 26.1. The molecule has 144 valence electrons. The van der Waals surface area contributed by atoms with Gasteiger partial charge in [-0.3, -0.25) is 9.59 Å². The van der Waals surface area contributed by atoms with E-state index in [0.29, 0.717) is 25.2 Å². The van der Waals surface area contributed by atoms with Gasteiger partial charge in [-0.25, -0.2) is 0 Å². The molecule has 2 fully saturated rings. The predicted octanol–water partition coefficient (Wildman–Crippen LogP) is 4.38. The van der Waals surface area contributed by atoms with Crippen molar-refractivity contribution in [3.05, 3.63) is 65.7 Å². The molecular weight excluding hydrogens is 346 g/mol. The quantitative estimate of drug-likeness (QED) is 0.733. The number of benzene rings is 2. The molecule has 2 aliphatic heterocycles. The largest absolute Gasteiger partial charge is 0.367 e. The zero-order chi connectivity index (χ0) is 19.1. The third-order valence-corrected chi connectivity index (χ3v) is 7.22. The molecule has 3 heteroatoms. The molecule has 1 spiro atoms. The minimum atomic E-state index is -0.817. The number of hydrogen-bond acceptors (Lipinski definition) is 3. The standard InChI is InChI=1S/C25H27NO2/c27-23-11-6-12-24(28)25(23)17-20-9-4-5-10-21(20)26-14-13-19(16-22(25)26)15-18-7-2-1-3-8-18/h1-5,7-10,19,22H,6,11-17H2/t19-,22-/m1/s1. The lowest BCUT2D eigenvalue weighted by Crippen LogP contribution is -2.64. The first-order valence-corrected chi connectivity index (χ1v) is 10.6. The zero-order valence-electron chi connectivity index (χ0n) is 16.3. The maximum Gasteiger partial charge on any atom is 0.148 e. The second kappa shape index (κ2) is 6.88. The summed E-state index contributed by atoms with van der Waals surface area (Å²) in [5.74, 6) is 0.899. The minimum absolute atomic E-state index is 0.0187. The number of piperidine rings is 1. The molecule has 5 rings (SSSR count). The Morgan fingerprint density at radius 1 is 0.929 bits per heavy atom. The molecule has 0 N–H and O–H groups in total. The molecule has 2 aromatic carbocycles. The number of fused-ring (bicyclic) bond motifs is 4. The maximum absolute atomic E-state index is 13.3. The summed E-state index contributed by atoms with van der Waals surface area (Å²) in [4.78, 5) is 28.9. The number of hydrogen-bond donors (Lipinski definition) is 0. The second-order valence-electron chi connectivity index (χ2n) is 8.77.